The van der Waals surface area contributed by atoms with Crippen molar-refractivity contribution in [2.24, 2.45) is 0 Å². The molecule has 20 heavy (non-hydrogen) atoms. The molecule has 1 unspecified atom stereocenters. The molecule has 0 aliphatic carbocycles. The second-order valence-corrected chi connectivity index (χ2v) is 5.44. The van der Waals surface area contributed by atoms with E-state index in [1.165, 1.54) is 0 Å². The fourth-order valence-corrected chi connectivity index (χ4v) is 2.21. The second kappa shape index (κ2) is 6.33. The van der Waals surface area contributed by atoms with Crippen molar-refractivity contribution >= 4 is 29.1 Å². The zero-order valence-electron chi connectivity index (χ0n) is 11.3. The van der Waals surface area contributed by atoms with E-state index in [2.05, 4.69) is 0 Å². The first-order valence-electron chi connectivity index (χ1n) is 6.22. The Hall–Kier alpha value is -1.45. The molecule has 1 atom stereocenters. The lowest BCUT2D eigenvalue weighted by molar-refractivity contribution is -0.131. The first-order chi connectivity index (χ1) is 9.49. The molecule has 0 saturated carbocycles. The maximum Gasteiger partial charge on any atom is 0.227 e. The average Bonchev–Trinajstić information content (AvgIpc) is 2.95. The third-order valence-corrected chi connectivity index (χ3v) is 4.01. The summed E-state index contributed by atoms with van der Waals surface area (Å²) in [5, 5.41) is 0.943. The molecule has 3 nitrogen and oxygen atoms in total. The van der Waals surface area contributed by atoms with Crippen LogP contribution in [0.15, 0.2) is 41.0 Å². The number of rotatable bonds is 4. The minimum Gasteiger partial charge on any atom is -0.467 e. The van der Waals surface area contributed by atoms with Crippen molar-refractivity contribution in [3.8, 4) is 0 Å². The molecule has 0 N–H and O–H groups in total. The van der Waals surface area contributed by atoms with Crippen LogP contribution in [-0.2, 0) is 11.2 Å². The van der Waals surface area contributed by atoms with E-state index in [0.29, 0.717) is 10.0 Å². The Morgan fingerprint density at radius 1 is 1.30 bits per heavy atom. The standard InChI is InChI=1S/C15H15Cl2NO2/c1-10(14-4-3-7-20-14)18(2)15(19)9-11-5-6-12(16)13(17)8-11/h3-8,10H,9H2,1-2H3. The quantitative estimate of drug-likeness (QED) is 0.841. The highest BCUT2D eigenvalue weighted by Gasteiger charge is 2.19. The van der Waals surface area contributed by atoms with Crippen LogP contribution in [0, 0.1) is 0 Å². The molecule has 1 aromatic heterocycles. The van der Waals surface area contributed by atoms with Gasteiger partial charge in [-0.3, -0.25) is 4.79 Å². The Kier molecular flexibility index (Phi) is 4.73. The van der Waals surface area contributed by atoms with Crippen molar-refractivity contribution in [3.05, 3.63) is 58.0 Å². The lowest BCUT2D eigenvalue weighted by Gasteiger charge is -2.23. The number of hydrogen-bond acceptors (Lipinski definition) is 2. The second-order valence-electron chi connectivity index (χ2n) is 4.62. The van der Waals surface area contributed by atoms with E-state index in [1.807, 2.05) is 19.1 Å². The molecule has 0 aliphatic heterocycles. The summed E-state index contributed by atoms with van der Waals surface area (Å²) >= 11 is 11.8. The number of halogens is 2. The highest BCUT2D eigenvalue weighted by molar-refractivity contribution is 6.42. The largest absolute Gasteiger partial charge is 0.467 e. The third kappa shape index (κ3) is 3.35. The third-order valence-electron chi connectivity index (χ3n) is 3.27. The smallest absolute Gasteiger partial charge is 0.227 e. The SMILES string of the molecule is CC(c1ccco1)N(C)C(=O)Cc1ccc(Cl)c(Cl)c1. The van der Waals surface area contributed by atoms with Crippen molar-refractivity contribution in [2.45, 2.75) is 19.4 Å². The first-order valence-corrected chi connectivity index (χ1v) is 6.97. The number of furan rings is 1. The van der Waals surface area contributed by atoms with E-state index in [4.69, 9.17) is 27.6 Å². The topological polar surface area (TPSA) is 33.5 Å². The van der Waals surface area contributed by atoms with Gasteiger partial charge in [0.15, 0.2) is 0 Å². The van der Waals surface area contributed by atoms with Gasteiger partial charge in [-0.2, -0.15) is 0 Å². The number of amides is 1. The molecule has 0 radical (unpaired) electrons. The van der Waals surface area contributed by atoms with E-state index >= 15 is 0 Å². The number of nitrogens with zero attached hydrogens (tertiary/aromatic N) is 1. The molecule has 1 aromatic carbocycles. The molecular weight excluding hydrogens is 297 g/mol. The number of likely N-dealkylation sites (N-methyl/N-ethyl adjacent to an activating group) is 1. The number of carbonyl (C=O) groups excluding carboxylic acids is 1. The van der Waals surface area contributed by atoms with Gasteiger partial charge in [-0.1, -0.05) is 29.3 Å². The summed E-state index contributed by atoms with van der Waals surface area (Å²) in [5.41, 5.74) is 0.836. The maximum absolute atomic E-state index is 12.3. The molecule has 106 valence electrons. The van der Waals surface area contributed by atoms with Crippen LogP contribution in [0.3, 0.4) is 0 Å². The van der Waals surface area contributed by atoms with Crippen molar-refractivity contribution in [3.63, 3.8) is 0 Å². The predicted molar refractivity (Wildman–Crippen MR) is 80.1 cm³/mol. The molecule has 0 bridgehead atoms. The highest BCUT2D eigenvalue weighted by atomic mass is 35.5. The van der Waals surface area contributed by atoms with Gasteiger partial charge in [0.2, 0.25) is 5.91 Å². The fourth-order valence-electron chi connectivity index (χ4n) is 1.88. The number of hydrogen-bond donors (Lipinski definition) is 0. The van der Waals surface area contributed by atoms with E-state index in [-0.39, 0.29) is 18.4 Å². The minimum atomic E-state index is -0.111. The maximum atomic E-state index is 12.3. The molecule has 5 heteroatoms. The molecule has 2 rings (SSSR count). The molecule has 0 aliphatic rings. The predicted octanol–water partition coefficient (Wildman–Crippen LogP) is 4.35. The Bertz CT molecular complexity index is 596. The van der Waals surface area contributed by atoms with Gasteiger partial charge >= 0.3 is 0 Å². The molecule has 1 amide bonds. The van der Waals surface area contributed by atoms with Gasteiger partial charge in [-0.15, -0.1) is 0 Å². The van der Waals surface area contributed by atoms with Gasteiger partial charge < -0.3 is 9.32 Å². The summed E-state index contributed by atoms with van der Waals surface area (Å²) in [5.74, 6) is 0.752. The van der Waals surface area contributed by atoms with Crippen LogP contribution in [0.4, 0.5) is 0 Å². The first kappa shape index (κ1) is 14.9. The summed E-state index contributed by atoms with van der Waals surface area (Å²) in [6.45, 7) is 1.92. The molecule has 2 aromatic rings. The minimum absolute atomic E-state index is 0.00714. The Morgan fingerprint density at radius 3 is 2.65 bits per heavy atom. The highest BCUT2D eigenvalue weighted by Crippen LogP contribution is 2.24. The average molecular weight is 312 g/mol. The van der Waals surface area contributed by atoms with E-state index in [1.54, 1.807) is 36.4 Å². The van der Waals surface area contributed by atoms with Gasteiger partial charge in [0, 0.05) is 7.05 Å². The van der Waals surface area contributed by atoms with Crippen molar-refractivity contribution in [1.82, 2.24) is 4.90 Å². The summed E-state index contributed by atoms with van der Waals surface area (Å²) in [4.78, 5) is 13.9. The van der Waals surface area contributed by atoms with Crippen molar-refractivity contribution in [1.29, 1.82) is 0 Å². The van der Waals surface area contributed by atoms with E-state index in [0.717, 1.165) is 11.3 Å². The van der Waals surface area contributed by atoms with Crippen LogP contribution >= 0.6 is 23.2 Å². The zero-order chi connectivity index (χ0) is 14.7. The van der Waals surface area contributed by atoms with Crippen molar-refractivity contribution < 1.29 is 9.21 Å². The Labute approximate surface area is 128 Å². The number of carbonyl (C=O) groups is 1. The van der Waals surface area contributed by atoms with E-state index in [9.17, 15) is 4.79 Å². The fraction of sp³-hybridized carbons (Fsp3) is 0.267. The molecular formula is C15H15Cl2NO2. The van der Waals surface area contributed by atoms with Gasteiger partial charge in [-0.05, 0) is 36.8 Å². The Balaban J connectivity index is 2.05. The lowest BCUT2D eigenvalue weighted by atomic mass is 10.1. The van der Waals surface area contributed by atoms with Crippen LogP contribution < -0.4 is 0 Å². The van der Waals surface area contributed by atoms with Crippen LogP contribution in [0.5, 0.6) is 0 Å². The molecule has 0 spiro atoms. The van der Waals surface area contributed by atoms with Gasteiger partial charge in [0.1, 0.15) is 5.76 Å². The van der Waals surface area contributed by atoms with Crippen LogP contribution in [0.2, 0.25) is 10.0 Å². The van der Waals surface area contributed by atoms with Gasteiger partial charge in [-0.25, -0.2) is 0 Å². The number of benzene rings is 1. The summed E-state index contributed by atoms with van der Waals surface area (Å²) in [6, 6.07) is 8.77. The Morgan fingerprint density at radius 2 is 2.05 bits per heavy atom. The van der Waals surface area contributed by atoms with Crippen LogP contribution in [0.25, 0.3) is 0 Å². The van der Waals surface area contributed by atoms with Crippen molar-refractivity contribution in [2.75, 3.05) is 7.05 Å². The molecule has 0 fully saturated rings. The van der Waals surface area contributed by atoms with Crippen LogP contribution in [-0.4, -0.2) is 17.9 Å². The van der Waals surface area contributed by atoms with Crippen LogP contribution in [0.1, 0.15) is 24.3 Å². The molecule has 0 saturated heterocycles. The summed E-state index contributed by atoms with van der Waals surface area (Å²) in [7, 11) is 1.76. The van der Waals surface area contributed by atoms with E-state index < -0.39 is 0 Å². The summed E-state index contributed by atoms with van der Waals surface area (Å²) < 4.78 is 5.32. The summed E-state index contributed by atoms with van der Waals surface area (Å²) in [6.07, 6.45) is 1.88. The van der Waals surface area contributed by atoms with Gasteiger partial charge in [0.05, 0.1) is 28.8 Å². The molecule has 1 heterocycles. The zero-order valence-corrected chi connectivity index (χ0v) is 12.8. The normalized spacial score (nSPS) is 12.2. The monoisotopic (exact) mass is 311 g/mol. The van der Waals surface area contributed by atoms with Gasteiger partial charge in [0.25, 0.3) is 0 Å². The lowest BCUT2D eigenvalue weighted by Crippen LogP contribution is -2.30.